The lowest BCUT2D eigenvalue weighted by Crippen LogP contribution is -2.42. The minimum absolute atomic E-state index is 0.283. The molecule has 4 nitrogen and oxygen atoms in total. The summed E-state index contributed by atoms with van der Waals surface area (Å²) in [4.78, 5) is 0. The predicted molar refractivity (Wildman–Crippen MR) is 80.9 cm³/mol. The van der Waals surface area contributed by atoms with Gasteiger partial charge in [0, 0.05) is 0 Å². The second-order valence-corrected chi connectivity index (χ2v) is 6.98. The van der Waals surface area contributed by atoms with Crippen LogP contribution in [0.4, 0.5) is 0 Å². The van der Waals surface area contributed by atoms with Crippen LogP contribution in [-0.2, 0) is 0 Å². The molecule has 0 saturated carbocycles. The highest BCUT2D eigenvalue weighted by molar-refractivity contribution is 4.45. The number of hydrogen-bond acceptors (Lipinski definition) is 2. The molecule has 0 unspecified atom stereocenters. The lowest BCUT2D eigenvalue weighted by molar-refractivity contribution is -0.891. The van der Waals surface area contributed by atoms with Gasteiger partial charge in [0.2, 0.25) is 0 Å². The Morgan fingerprint density at radius 3 is 1.16 bits per heavy atom. The zero-order valence-corrected chi connectivity index (χ0v) is 13.6. The first-order valence-corrected chi connectivity index (χ1v) is 7.69. The molecule has 0 aromatic rings. The molecule has 2 N–H and O–H groups in total. The number of quaternary nitrogens is 2. The average molecular weight is 276 g/mol. The van der Waals surface area contributed by atoms with Gasteiger partial charge in [-0.05, 0) is 25.7 Å². The molecule has 19 heavy (non-hydrogen) atoms. The van der Waals surface area contributed by atoms with E-state index in [4.69, 9.17) is 10.2 Å². The van der Waals surface area contributed by atoms with Crippen molar-refractivity contribution >= 4 is 0 Å². The topological polar surface area (TPSA) is 40.5 Å². The summed E-state index contributed by atoms with van der Waals surface area (Å²) in [7, 11) is 8.74. The number of unbranched alkanes of at least 4 members (excludes halogenated alkanes) is 4. The van der Waals surface area contributed by atoms with Crippen LogP contribution in [0.15, 0.2) is 0 Å². The number of aliphatic hydroxyl groups is 2. The van der Waals surface area contributed by atoms with Crippen molar-refractivity contribution in [2.24, 2.45) is 0 Å². The Hall–Kier alpha value is -0.160. The van der Waals surface area contributed by atoms with E-state index in [1.54, 1.807) is 0 Å². The van der Waals surface area contributed by atoms with Crippen molar-refractivity contribution in [3.63, 3.8) is 0 Å². The number of nitrogens with zero attached hydrogens (tertiary/aromatic N) is 2. The van der Waals surface area contributed by atoms with Crippen LogP contribution < -0.4 is 0 Å². The predicted octanol–water partition coefficient (Wildman–Crippen LogP) is 1.07. The third-order valence-electron chi connectivity index (χ3n) is 3.94. The van der Waals surface area contributed by atoms with Crippen molar-refractivity contribution in [2.45, 2.75) is 32.1 Å². The van der Waals surface area contributed by atoms with Crippen molar-refractivity contribution in [1.29, 1.82) is 0 Å². The lowest BCUT2D eigenvalue weighted by Gasteiger charge is -2.29. The minimum Gasteiger partial charge on any atom is -0.391 e. The monoisotopic (exact) mass is 276 g/mol. The van der Waals surface area contributed by atoms with Gasteiger partial charge in [0.25, 0.3) is 0 Å². The highest BCUT2D eigenvalue weighted by atomic mass is 16.3. The van der Waals surface area contributed by atoms with Gasteiger partial charge in [-0.3, -0.25) is 0 Å². The van der Waals surface area contributed by atoms with Crippen LogP contribution in [0.2, 0.25) is 0 Å². The second kappa shape index (κ2) is 9.70. The first-order valence-electron chi connectivity index (χ1n) is 7.69. The van der Waals surface area contributed by atoms with E-state index >= 15 is 0 Å². The largest absolute Gasteiger partial charge is 0.391 e. The van der Waals surface area contributed by atoms with E-state index < -0.39 is 0 Å². The molecule has 0 fully saturated rings. The lowest BCUT2D eigenvalue weighted by atomic mass is 10.1. The van der Waals surface area contributed by atoms with Gasteiger partial charge in [-0.25, -0.2) is 0 Å². The molecule has 0 aliphatic heterocycles. The summed E-state index contributed by atoms with van der Waals surface area (Å²) < 4.78 is 1.86. The zero-order valence-electron chi connectivity index (χ0n) is 13.6. The fourth-order valence-corrected chi connectivity index (χ4v) is 2.38. The molecule has 0 spiro atoms. The van der Waals surface area contributed by atoms with E-state index in [-0.39, 0.29) is 13.2 Å². The summed E-state index contributed by atoms with van der Waals surface area (Å²) in [6.07, 6.45) is 6.39. The van der Waals surface area contributed by atoms with Crippen LogP contribution in [0, 0.1) is 0 Å². The quantitative estimate of drug-likeness (QED) is 0.413. The number of hydrogen-bond donors (Lipinski definition) is 2. The molecular formula is C15H36N2O2+2. The Balaban J connectivity index is 3.46. The molecule has 0 amide bonds. The molecule has 0 rings (SSSR count). The Morgan fingerprint density at radius 1 is 0.526 bits per heavy atom. The first kappa shape index (κ1) is 18.8. The molecule has 0 atom stereocenters. The highest BCUT2D eigenvalue weighted by Gasteiger charge is 2.14. The average Bonchev–Trinajstić information content (AvgIpc) is 2.27. The Kier molecular flexibility index (Phi) is 9.62. The Morgan fingerprint density at radius 2 is 0.842 bits per heavy atom. The maximum atomic E-state index is 8.96. The molecule has 0 aliphatic rings. The van der Waals surface area contributed by atoms with E-state index in [9.17, 15) is 0 Å². The van der Waals surface area contributed by atoms with E-state index in [0.717, 1.165) is 35.1 Å². The molecule has 0 aliphatic carbocycles. The summed E-state index contributed by atoms with van der Waals surface area (Å²) in [5, 5.41) is 17.9. The van der Waals surface area contributed by atoms with E-state index in [1.807, 2.05) is 0 Å². The second-order valence-electron chi connectivity index (χ2n) is 6.98. The first-order chi connectivity index (χ1) is 8.83. The van der Waals surface area contributed by atoms with Gasteiger partial charge in [-0.1, -0.05) is 6.42 Å². The molecule has 0 heterocycles. The maximum Gasteiger partial charge on any atom is 0.102 e. The number of likely N-dealkylation sites (N-methyl/N-ethyl adjacent to an activating group) is 2. The van der Waals surface area contributed by atoms with Crippen molar-refractivity contribution in [3.05, 3.63) is 0 Å². The summed E-state index contributed by atoms with van der Waals surface area (Å²) in [6.45, 7) is 4.59. The normalized spacial score (nSPS) is 12.9. The van der Waals surface area contributed by atoms with Gasteiger partial charge in [0.05, 0.1) is 54.5 Å². The molecule has 0 bridgehead atoms. The fraction of sp³-hybridized carbons (Fsp3) is 1.00. The van der Waals surface area contributed by atoms with Gasteiger partial charge >= 0.3 is 0 Å². The van der Waals surface area contributed by atoms with E-state index in [1.165, 1.54) is 32.1 Å². The van der Waals surface area contributed by atoms with Gasteiger partial charge in [-0.15, -0.1) is 0 Å². The summed E-state index contributed by atoms with van der Waals surface area (Å²) in [6, 6.07) is 0. The van der Waals surface area contributed by atoms with E-state index in [2.05, 4.69) is 28.2 Å². The third-order valence-corrected chi connectivity index (χ3v) is 3.94. The van der Waals surface area contributed by atoms with Crippen LogP contribution >= 0.6 is 0 Å². The van der Waals surface area contributed by atoms with Crippen LogP contribution in [0.5, 0.6) is 0 Å². The van der Waals surface area contributed by atoms with Crippen LogP contribution in [0.3, 0.4) is 0 Å². The van der Waals surface area contributed by atoms with Crippen LogP contribution in [0.25, 0.3) is 0 Å². The summed E-state index contributed by atoms with van der Waals surface area (Å²) >= 11 is 0. The molecule has 0 aromatic carbocycles. The summed E-state index contributed by atoms with van der Waals surface area (Å²) in [5.41, 5.74) is 0. The van der Waals surface area contributed by atoms with Gasteiger partial charge in [-0.2, -0.15) is 0 Å². The highest BCUT2D eigenvalue weighted by Crippen LogP contribution is 2.09. The van der Waals surface area contributed by atoms with Crippen LogP contribution in [0.1, 0.15) is 32.1 Å². The fourth-order valence-electron chi connectivity index (χ4n) is 2.38. The molecule has 0 aromatic heterocycles. The number of aliphatic hydroxyl groups excluding tert-OH is 2. The Bertz CT molecular complexity index is 196. The van der Waals surface area contributed by atoms with Gasteiger partial charge in [0.15, 0.2) is 0 Å². The molecule has 4 heteroatoms. The standard InChI is InChI=1S/C15H36N2O2/c1-16(2,12-14-18)10-8-6-5-7-9-11-17(3,4)13-15-19/h18-19H,5-15H2,1-4H3/q+2. The molecule has 116 valence electrons. The summed E-state index contributed by atoms with van der Waals surface area (Å²) in [5.74, 6) is 0. The molecule has 0 saturated heterocycles. The van der Waals surface area contributed by atoms with Crippen molar-refractivity contribution in [3.8, 4) is 0 Å². The van der Waals surface area contributed by atoms with Crippen LogP contribution in [-0.4, -0.2) is 86.8 Å². The molecular weight excluding hydrogens is 240 g/mol. The van der Waals surface area contributed by atoms with E-state index in [0.29, 0.717) is 0 Å². The minimum atomic E-state index is 0.283. The van der Waals surface area contributed by atoms with Crippen molar-refractivity contribution < 1.29 is 19.2 Å². The third kappa shape index (κ3) is 11.4. The zero-order chi connectivity index (χ0) is 14.8. The Labute approximate surface area is 119 Å². The smallest absolute Gasteiger partial charge is 0.102 e. The SMILES string of the molecule is C[N+](C)(CCO)CCCCCCC[N+](C)(C)CCO. The maximum absolute atomic E-state index is 8.96. The van der Waals surface area contributed by atoms with Crippen molar-refractivity contribution in [2.75, 3.05) is 67.6 Å². The number of rotatable bonds is 12. The van der Waals surface area contributed by atoms with Gasteiger partial charge < -0.3 is 19.2 Å². The van der Waals surface area contributed by atoms with Crippen molar-refractivity contribution in [1.82, 2.24) is 0 Å². The van der Waals surface area contributed by atoms with Gasteiger partial charge in [0.1, 0.15) is 13.1 Å². The molecule has 0 radical (unpaired) electrons.